The number of thioether (sulfide) groups is 1. The number of benzene rings is 1. The van der Waals surface area contributed by atoms with Crippen molar-refractivity contribution in [3.63, 3.8) is 0 Å². The molecule has 1 aromatic carbocycles. The summed E-state index contributed by atoms with van der Waals surface area (Å²) in [5, 5.41) is 6.42. The Balaban J connectivity index is 2.22. The number of halogens is 2. The number of aromatic nitrogens is 2. The van der Waals surface area contributed by atoms with Crippen molar-refractivity contribution in [1.82, 2.24) is 9.78 Å². The van der Waals surface area contributed by atoms with Crippen LogP contribution < -0.4 is 11.1 Å². The first kappa shape index (κ1) is 14.3. The van der Waals surface area contributed by atoms with E-state index in [0.717, 1.165) is 0 Å². The number of aryl methyl sites for hydroxylation is 1. The highest BCUT2D eigenvalue weighted by Gasteiger charge is 2.16. The summed E-state index contributed by atoms with van der Waals surface area (Å²) in [5.74, 6) is -2.84. The quantitative estimate of drug-likeness (QED) is 0.851. The maximum Gasteiger partial charge on any atom is 0.288 e. The van der Waals surface area contributed by atoms with Crippen molar-refractivity contribution in [3.05, 3.63) is 36.0 Å². The second-order valence-electron chi connectivity index (χ2n) is 3.90. The molecule has 0 radical (unpaired) electrons. The summed E-state index contributed by atoms with van der Waals surface area (Å²) in [4.78, 5) is 12.3. The van der Waals surface area contributed by atoms with Crippen LogP contribution >= 0.6 is 11.8 Å². The zero-order chi connectivity index (χ0) is 14.7. The Kier molecular flexibility index (Phi) is 4.23. The maximum atomic E-state index is 12.4. The second-order valence-corrected chi connectivity index (χ2v) is 4.93. The zero-order valence-electron chi connectivity index (χ0n) is 10.5. The smallest absolute Gasteiger partial charge is 0.288 e. The van der Waals surface area contributed by atoms with Gasteiger partial charge in [-0.2, -0.15) is 13.9 Å². The zero-order valence-corrected chi connectivity index (χ0v) is 11.3. The van der Waals surface area contributed by atoms with E-state index in [1.165, 1.54) is 16.9 Å². The molecule has 0 aliphatic rings. The number of rotatable bonds is 4. The standard InChI is InChI=1S/C12H12F2N4OS/c1-18-10(15)7(6-16-18)11(19)17-8-4-2-3-5-9(8)20-12(13)14/h2-6,12H,15H2,1H3,(H,17,19). The molecular weight excluding hydrogens is 286 g/mol. The van der Waals surface area contributed by atoms with Gasteiger partial charge in [-0.15, -0.1) is 0 Å². The molecule has 0 unspecified atom stereocenters. The Labute approximate surface area is 118 Å². The number of amides is 1. The fourth-order valence-electron chi connectivity index (χ4n) is 1.58. The number of hydrogen-bond acceptors (Lipinski definition) is 4. The van der Waals surface area contributed by atoms with Crippen LogP contribution in [0.15, 0.2) is 35.4 Å². The second kappa shape index (κ2) is 5.91. The van der Waals surface area contributed by atoms with E-state index in [1.807, 2.05) is 0 Å². The topological polar surface area (TPSA) is 72.9 Å². The van der Waals surface area contributed by atoms with Crippen LogP contribution in [-0.2, 0) is 7.05 Å². The Morgan fingerprint density at radius 1 is 1.45 bits per heavy atom. The predicted octanol–water partition coefficient (Wildman–Crippen LogP) is 2.57. The Bertz CT molecular complexity index is 630. The van der Waals surface area contributed by atoms with E-state index in [0.29, 0.717) is 22.3 Å². The molecule has 2 aromatic rings. The fraction of sp³-hybridized carbons (Fsp3) is 0.167. The van der Waals surface area contributed by atoms with Crippen LogP contribution in [0.4, 0.5) is 20.3 Å². The number of alkyl halides is 2. The molecule has 0 spiro atoms. The van der Waals surface area contributed by atoms with Gasteiger partial charge in [0.05, 0.1) is 11.9 Å². The molecule has 106 valence electrons. The van der Waals surface area contributed by atoms with Crippen molar-refractivity contribution in [2.75, 3.05) is 11.1 Å². The Hall–Kier alpha value is -2.09. The molecule has 0 fully saturated rings. The first-order valence-corrected chi connectivity index (χ1v) is 6.49. The van der Waals surface area contributed by atoms with Gasteiger partial charge in [0.25, 0.3) is 11.7 Å². The molecule has 0 atom stereocenters. The maximum absolute atomic E-state index is 12.4. The number of para-hydroxylation sites is 1. The molecule has 0 aliphatic carbocycles. The van der Waals surface area contributed by atoms with Gasteiger partial charge in [0.1, 0.15) is 11.4 Å². The van der Waals surface area contributed by atoms with E-state index in [2.05, 4.69) is 10.4 Å². The highest BCUT2D eigenvalue weighted by Crippen LogP contribution is 2.32. The van der Waals surface area contributed by atoms with E-state index in [-0.39, 0.29) is 11.4 Å². The van der Waals surface area contributed by atoms with Gasteiger partial charge in [-0.1, -0.05) is 23.9 Å². The Morgan fingerprint density at radius 3 is 2.75 bits per heavy atom. The summed E-state index contributed by atoms with van der Waals surface area (Å²) in [5.41, 5.74) is 6.20. The lowest BCUT2D eigenvalue weighted by Gasteiger charge is -2.09. The average molecular weight is 298 g/mol. The molecule has 2 rings (SSSR count). The minimum absolute atomic E-state index is 0.198. The van der Waals surface area contributed by atoms with Gasteiger partial charge >= 0.3 is 0 Å². The third-order valence-corrected chi connectivity index (χ3v) is 3.37. The van der Waals surface area contributed by atoms with Crippen molar-refractivity contribution < 1.29 is 13.6 Å². The number of nitrogen functional groups attached to an aromatic ring is 1. The van der Waals surface area contributed by atoms with Crippen molar-refractivity contribution in [3.8, 4) is 0 Å². The largest absolute Gasteiger partial charge is 0.383 e. The van der Waals surface area contributed by atoms with Crippen LogP contribution in [0.1, 0.15) is 10.4 Å². The number of anilines is 2. The number of nitrogens with zero attached hydrogens (tertiary/aromatic N) is 2. The fourth-order valence-corrected chi connectivity index (χ4v) is 2.18. The van der Waals surface area contributed by atoms with Gasteiger partial charge in [0.2, 0.25) is 0 Å². The first-order valence-electron chi connectivity index (χ1n) is 5.61. The molecule has 0 bridgehead atoms. The summed E-state index contributed by atoms with van der Waals surface area (Å²) in [6.45, 7) is 0. The van der Waals surface area contributed by atoms with Gasteiger partial charge < -0.3 is 11.1 Å². The third kappa shape index (κ3) is 3.08. The SMILES string of the molecule is Cn1ncc(C(=O)Nc2ccccc2SC(F)F)c1N. The lowest BCUT2D eigenvalue weighted by atomic mass is 10.2. The minimum Gasteiger partial charge on any atom is -0.383 e. The van der Waals surface area contributed by atoms with E-state index in [1.54, 1.807) is 25.2 Å². The normalized spacial score (nSPS) is 10.8. The van der Waals surface area contributed by atoms with Crippen molar-refractivity contribution in [2.45, 2.75) is 10.7 Å². The van der Waals surface area contributed by atoms with Crippen LogP contribution in [-0.4, -0.2) is 21.4 Å². The number of carbonyl (C=O) groups excluding carboxylic acids is 1. The molecule has 8 heteroatoms. The number of carbonyl (C=O) groups is 1. The summed E-state index contributed by atoms with van der Waals surface area (Å²) >= 11 is 0.371. The molecule has 0 saturated heterocycles. The van der Waals surface area contributed by atoms with Crippen LogP contribution in [0, 0.1) is 0 Å². The van der Waals surface area contributed by atoms with E-state index in [4.69, 9.17) is 5.73 Å². The molecule has 0 aliphatic heterocycles. The predicted molar refractivity (Wildman–Crippen MR) is 73.9 cm³/mol. The van der Waals surface area contributed by atoms with Crippen molar-refractivity contribution >= 4 is 29.2 Å². The number of nitrogens with one attached hydrogen (secondary N) is 1. The highest BCUT2D eigenvalue weighted by atomic mass is 32.2. The molecule has 20 heavy (non-hydrogen) atoms. The van der Waals surface area contributed by atoms with E-state index < -0.39 is 11.7 Å². The highest BCUT2D eigenvalue weighted by molar-refractivity contribution is 7.99. The molecule has 5 nitrogen and oxygen atoms in total. The molecular formula is C12H12F2N4OS. The first-order chi connectivity index (χ1) is 9.49. The monoisotopic (exact) mass is 298 g/mol. The summed E-state index contributed by atoms with van der Waals surface area (Å²) in [6, 6.07) is 6.34. The van der Waals surface area contributed by atoms with Gasteiger partial charge in [-0.3, -0.25) is 9.48 Å². The van der Waals surface area contributed by atoms with E-state index in [9.17, 15) is 13.6 Å². The number of nitrogens with two attached hydrogens (primary N) is 1. The van der Waals surface area contributed by atoms with Crippen LogP contribution in [0.3, 0.4) is 0 Å². The molecule has 0 saturated carbocycles. The lowest BCUT2D eigenvalue weighted by Crippen LogP contribution is -2.14. The van der Waals surface area contributed by atoms with E-state index >= 15 is 0 Å². The molecule has 1 heterocycles. The van der Waals surface area contributed by atoms with Crippen LogP contribution in [0.2, 0.25) is 0 Å². The van der Waals surface area contributed by atoms with Gasteiger partial charge in [-0.05, 0) is 12.1 Å². The number of hydrogen-bond donors (Lipinski definition) is 2. The van der Waals surface area contributed by atoms with Gasteiger partial charge in [0.15, 0.2) is 0 Å². The summed E-state index contributed by atoms with van der Waals surface area (Å²) in [7, 11) is 1.60. The average Bonchev–Trinajstić information content (AvgIpc) is 2.72. The minimum atomic E-state index is -2.56. The third-order valence-electron chi connectivity index (χ3n) is 2.58. The molecule has 3 N–H and O–H groups in total. The van der Waals surface area contributed by atoms with Crippen molar-refractivity contribution in [1.29, 1.82) is 0 Å². The van der Waals surface area contributed by atoms with Gasteiger partial charge in [-0.25, -0.2) is 0 Å². The molecule has 1 amide bonds. The Morgan fingerprint density at radius 2 is 2.15 bits per heavy atom. The van der Waals surface area contributed by atoms with Crippen LogP contribution in [0.5, 0.6) is 0 Å². The lowest BCUT2D eigenvalue weighted by molar-refractivity contribution is 0.102. The summed E-state index contributed by atoms with van der Waals surface area (Å²) < 4.78 is 26.2. The van der Waals surface area contributed by atoms with Gasteiger partial charge in [0, 0.05) is 11.9 Å². The van der Waals surface area contributed by atoms with Crippen LogP contribution in [0.25, 0.3) is 0 Å². The summed E-state index contributed by atoms with van der Waals surface area (Å²) in [6.07, 6.45) is 1.33. The van der Waals surface area contributed by atoms with Crippen molar-refractivity contribution in [2.24, 2.45) is 7.05 Å². The molecule has 1 aromatic heterocycles.